The van der Waals surface area contributed by atoms with Crippen LogP contribution in [0.15, 0.2) is 0 Å². The topological polar surface area (TPSA) is 57.7 Å². The van der Waals surface area contributed by atoms with Gasteiger partial charge in [0.1, 0.15) is 5.78 Å². The summed E-state index contributed by atoms with van der Waals surface area (Å²) in [6.45, 7) is 0.117. The highest BCUT2D eigenvalue weighted by molar-refractivity contribution is 5.90. The maximum Gasteiger partial charge on any atom is 0.241 e. The molecule has 3 atom stereocenters. The van der Waals surface area contributed by atoms with Crippen molar-refractivity contribution in [3.63, 3.8) is 0 Å². The zero-order chi connectivity index (χ0) is 14.9. The zero-order valence-electron chi connectivity index (χ0n) is 12.6. The third-order valence-corrected chi connectivity index (χ3v) is 4.64. The van der Waals surface area contributed by atoms with Crippen LogP contribution in [0.5, 0.6) is 0 Å². The number of nitrogens with zero attached hydrogens (tertiary/aromatic N) is 2. The van der Waals surface area contributed by atoms with Crippen molar-refractivity contribution in [3.05, 3.63) is 0 Å². The van der Waals surface area contributed by atoms with E-state index in [1.54, 1.807) is 21.1 Å². The van der Waals surface area contributed by atoms with Crippen molar-refractivity contribution in [3.8, 4) is 0 Å². The second-order valence-corrected chi connectivity index (χ2v) is 6.38. The molecule has 2 fully saturated rings. The zero-order valence-corrected chi connectivity index (χ0v) is 12.6. The van der Waals surface area contributed by atoms with E-state index in [9.17, 15) is 14.4 Å². The van der Waals surface area contributed by atoms with Gasteiger partial charge in [0.15, 0.2) is 0 Å². The standard InChI is InChI=1S/C15H24N2O3/c1-16(2)13(18)9-17(3)15(20)12-7-10-5-4-6-11(8-12)14(10)19/h10-12H,4-9H2,1-3H3/t10-,11+,12?. The minimum atomic E-state index is -0.0806. The van der Waals surface area contributed by atoms with Gasteiger partial charge < -0.3 is 9.80 Å². The quantitative estimate of drug-likeness (QED) is 0.772. The molecule has 20 heavy (non-hydrogen) atoms. The number of carbonyl (C=O) groups is 3. The van der Waals surface area contributed by atoms with Crippen LogP contribution in [0.25, 0.3) is 0 Å². The van der Waals surface area contributed by atoms with Crippen LogP contribution in [0.4, 0.5) is 0 Å². The highest BCUT2D eigenvalue weighted by Gasteiger charge is 2.42. The van der Waals surface area contributed by atoms with Gasteiger partial charge in [0.05, 0.1) is 6.54 Å². The van der Waals surface area contributed by atoms with E-state index in [0.717, 1.165) is 19.3 Å². The molecule has 0 radical (unpaired) electrons. The normalized spacial score (nSPS) is 28.9. The minimum Gasteiger partial charge on any atom is -0.347 e. The lowest BCUT2D eigenvalue weighted by Gasteiger charge is -2.38. The fourth-order valence-corrected chi connectivity index (χ4v) is 3.42. The fraction of sp³-hybridized carbons (Fsp3) is 0.800. The minimum absolute atomic E-state index is 0.0181. The summed E-state index contributed by atoms with van der Waals surface area (Å²) in [6.07, 6.45) is 4.32. The molecular weight excluding hydrogens is 256 g/mol. The fourth-order valence-electron chi connectivity index (χ4n) is 3.42. The van der Waals surface area contributed by atoms with Crippen LogP contribution in [-0.4, -0.2) is 55.1 Å². The number of ketones is 1. The molecule has 2 aliphatic carbocycles. The molecule has 2 amide bonds. The molecule has 2 saturated carbocycles. The number of carbonyl (C=O) groups excluding carboxylic acids is 3. The smallest absolute Gasteiger partial charge is 0.241 e. The molecule has 0 spiro atoms. The molecule has 0 N–H and O–H groups in total. The molecule has 0 heterocycles. The summed E-state index contributed by atoms with van der Waals surface area (Å²) in [5.41, 5.74) is 0. The average Bonchev–Trinajstić information content (AvgIpc) is 2.37. The molecule has 0 aromatic carbocycles. The Kier molecular flexibility index (Phi) is 4.45. The number of hydrogen-bond donors (Lipinski definition) is 0. The molecule has 2 bridgehead atoms. The number of amides is 2. The van der Waals surface area contributed by atoms with E-state index in [0.29, 0.717) is 18.6 Å². The van der Waals surface area contributed by atoms with Gasteiger partial charge in [-0.15, -0.1) is 0 Å². The predicted molar refractivity (Wildman–Crippen MR) is 74.9 cm³/mol. The number of rotatable bonds is 3. The van der Waals surface area contributed by atoms with E-state index >= 15 is 0 Å². The summed E-state index contributed by atoms with van der Waals surface area (Å²) in [4.78, 5) is 39.1. The molecule has 5 heteroatoms. The van der Waals surface area contributed by atoms with E-state index in [4.69, 9.17) is 0 Å². The lowest BCUT2D eigenvalue weighted by Crippen LogP contribution is -2.45. The van der Waals surface area contributed by atoms with Crippen LogP contribution < -0.4 is 0 Å². The first-order chi connectivity index (χ1) is 9.40. The Balaban J connectivity index is 1.96. The van der Waals surface area contributed by atoms with Gasteiger partial charge in [-0.1, -0.05) is 6.42 Å². The summed E-state index contributed by atoms with van der Waals surface area (Å²) < 4.78 is 0. The second-order valence-electron chi connectivity index (χ2n) is 6.38. The number of Topliss-reactive ketones (excluding diaryl/α,β-unsaturated/α-hetero) is 1. The molecule has 5 nitrogen and oxygen atoms in total. The molecule has 0 aromatic rings. The Morgan fingerprint density at radius 1 is 1.10 bits per heavy atom. The first kappa shape index (κ1) is 15.0. The first-order valence-corrected chi connectivity index (χ1v) is 7.39. The van der Waals surface area contributed by atoms with E-state index in [1.807, 2.05) is 0 Å². The Morgan fingerprint density at radius 2 is 1.65 bits per heavy atom. The van der Waals surface area contributed by atoms with Gasteiger partial charge >= 0.3 is 0 Å². The SMILES string of the molecule is CN(C)C(=O)CN(C)C(=O)C1C[C@H]2CCC[C@@H](C1)C2=O. The van der Waals surface area contributed by atoms with Gasteiger partial charge in [0.2, 0.25) is 11.8 Å². The maximum atomic E-state index is 12.4. The van der Waals surface area contributed by atoms with Gasteiger partial charge in [-0.05, 0) is 25.7 Å². The lowest BCUT2D eigenvalue weighted by molar-refractivity contribution is -0.145. The van der Waals surface area contributed by atoms with Crippen molar-refractivity contribution in [2.75, 3.05) is 27.7 Å². The van der Waals surface area contributed by atoms with E-state index in [2.05, 4.69) is 0 Å². The third kappa shape index (κ3) is 3.02. The molecule has 112 valence electrons. The summed E-state index contributed by atoms with van der Waals surface area (Å²) in [5.74, 6) is 0.386. The molecular formula is C15H24N2O3. The monoisotopic (exact) mass is 280 g/mol. The molecule has 0 aromatic heterocycles. The van der Waals surface area contributed by atoms with Crippen molar-refractivity contribution in [1.29, 1.82) is 0 Å². The van der Waals surface area contributed by atoms with Gasteiger partial charge in [0.25, 0.3) is 0 Å². The molecule has 0 aliphatic heterocycles. The molecule has 2 aliphatic rings. The van der Waals surface area contributed by atoms with Gasteiger partial charge in [-0.25, -0.2) is 0 Å². The van der Waals surface area contributed by atoms with Crippen LogP contribution in [-0.2, 0) is 14.4 Å². The lowest BCUT2D eigenvalue weighted by atomic mass is 9.67. The van der Waals surface area contributed by atoms with Crippen molar-refractivity contribution < 1.29 is 14.4 Å². The maximum absolute atomic E-state index is 12.4. The second kappa shape index (κ2) is 5.94. The Labute approximate surface area is 120 Å². The Hall–Kier alpha value is -1.39. The molecule has 1 unspecified atom stereocenters. The van der Waals surface area contributed by atoms with Crippen LogP contribution in [0.1, 0.15) is 32.1 Å². The van der Waals surface area contributed by atoms with Crippen molar-refractivity contribution in [1.82, 2.24) is 9.80 Å². The third-order valence-electron chi connectivity index (χ3n) is 4.64. The number of likely N-dealkylation sites (N-methyl/N-ethyl adjacent to an activating group) is 2. The number of fused-ring (bicyclic) bond motifs is 2. The van der Waals surface area contributed by atoms with Crippen LogP contribution in [0.3, 0.4) is 0 Å². The molecule has 0 saturated heterocycles. The summed E-state index contributed by atoms with van der Waals surface area (Å²) in [6, 6.07) is 0. The Bertz CT molecular complexity index is 403. The van der Waals surface area contributed by atoms with E-state index < -0.39 is 0 Å². The highest BCUT2D eigenvalue weighted by atomic mass is 16.2. The Morgan fingerprint density at radius 3 is 2.15 bits per heavy atom. The van der Waals surface area contributed by atoms with Crippen molar-refractivity contribution in [2.45, 2.75) is 32.1 Å². The van der Waals surface area contributed by atoms with Gasteiger partial charge in [0, 0.05) is 38.9 Å². The van der Waals surface area contributed by atoms with E-state index in [-0.39, 0.29) is 36.1 Å². The van der Waals surface area contributed by atoms with Crippen LogP contribution >= 0.6 is 0 Å². The van der Waals surface area contributed by atoms with Gasteiger partial charge in [-0.2, -0.15) is 0 Å². The first-order valence-electron chi connectivity index (χ1n) is 7.39. The number of hydrogen-bond acceptors (Lipinski definition) is 3. The van der Waals surface area contributed by atoms with Crippen molar-refractivity contribution >= 4 is 17.6 Å². The summed E-state index contributed by atoms with van der Waals surface area (Å²) in [5, 5.41) is 0. The molecule has 2 rings (SSSR count). The van der Waals surface area contributed by atoms with E-state index in [1.165, 1.54) is 9.80 Å². The average molecular weight is 280 g/mol. The predicted octanol–water partition coefficient (Wildman–Crippen LogP) is 0.928. The van der Waals surface area contributed by atoms with Crippen molar-refractivity contribution in [2.24, 2.45) is 17.8 Å². The highest BCUT2D eigenvalue weighted by Crippen LogP contribution is 2.40. The summed E-state index contributed by atoms with van der Waals surface area (Å²) in [7, 11) is 5.05. The van der Waals surface area contributed by atoms with Gasteiger partial charge in [-0.3, -0.25) is 14.4 Å². The largest absolute Gasteiger partial charge is 0.347 e. The summed E-state index contributed by atoms with van der Waals surface area (Å²) >= 11 is 0. The van der Waals surface area contributed by atoms with Crippen LogP contribution in [0, 0.1) is 17.8 Å². The van der Waals surface area contributed by atoms with Crippen LogP contribution in [0.2, 0.25) is 0 Å².